The smallest absolute Gasteiger partial charge is 0.253 e. The molecular formula is C24H24N2O4S2. The van der Waals surface area contributed by atoms with Crippen LogP contribution in [0.1, 0.15) is 40.7 Å². The first-order valence-electron chi connectivity index (χ1n) is 10.4. The van der Waals surface area contributed by atoms with E-state index in [4.69, 9.17) is 0 Å². The SMILES string of the molecule is Cc1ccc(NC(=O)C2CCCCN2S(=O)(=O)c2cccs2)c(C(=O)c2ccccc2)c1. The third-order valence-corrected chi connectivity index (χ3v) is 8.81. The minimum atomic E-state index is -3.76. The van der Waals surface area contributed by atoms with Crippen LogP contribution in [0.5, 0.6) is 0 Å². The van der Waals surface area contributed by atoms with E-state index < -0.39 is 22.0 Å². The number of carbonyl (C=O) groups excluding carboxylic acids is 2. The summed E-state index contributed by atoms with van der Waals surface area (Å²) >= 11 is 1.14. The number of ketones is 1. The molecule has 32 heavy (non-hydrogen) atoms. The lowest BCUT2D eigenvalue weighted by atomic mass is 9.99. The van der Waals surface area contributed by atoms with Crippen molar-refractivity contribution in [2.45, 2.75) is 36.4 Å². The Kier molecular flexibility index (Phi) is 6.55. The number of piperidine rings is 1. The van der Waals surface area contributed by atoms with E-state index in [1.54, 1.807) is 53.9 Å². The molecule has 166 valence electrons. The number of hydrogen-bond acceptors (Lipinski definition) is 5. The second kappa shape index (κ2) is 9.36. The molecule has 8 heteroatoms. The van der Waals surface area contributed by atoms with Crippen LogP contribution in [0.25, 0.3) is 0 Å². The Bertz CT molecular complexity index is 1220. The average molecular weight is 469 g/mol. The number of nitrogens with zero attached hydrogens (tertiary/aromatic N) is 1. The third-order valence-electron chi connectivity index (χ3n) is 5.53. The Labute approximate surface area is 191 Å². The van der Waals surface area contributed by atoms with E-state index in [9.17, 15) is 18.0 Å². The number of thiophene rings is 1. The fourth-order valence-electron chi connectivity index (χ4n) is 3.90. The number of rotatable bonds is 6. The van der Waals surface area contributed by atoms with Gasteiger partial charge in [-0.05, 0) is 43.3 Å². The highest BCUT2D eigenvalue weighted by Gasteiger charge is 2.38. The largest absolute Gasteiger partial charge is 0.324 e. The number of anilines is 1. The summed E-state index contributed by atoms with van der Waals surface area (Å²) in [6, 6.07) is 16.5. The van der Waals surface area contributed by atoms with Crippen molar-refractivity contribution in [3.05, 3.63) is 82.7 Å². The highest BCUT2D eigenvalue weighted by molar-refractivity contribution is 7.91. The minimum Gasteiger partial charge on any atom is -0.324 e. The highest BCUT2D eigenvalue weighted by Crippen LogP contribution is 2.29. The van der Waals surface area contributed by atoms with E-state index in [2.05, 4.69) is 5.32 Å². The van der Waals surface area contributed by atoms with Crippen molar-refractivity contribution in [2.24, 2.45) is 0 Å². The molecule has 1 saturated heterocycles. The number of aryl methyl sites for hydroxylation is 1. The Morgan fingerprint density at radius 1 is 1.03 bits per heavy atom. The first kappa shape index (κ1) is 22.4. The first-order chi connectivity index (χ1) is 15.4. The molecule has 0 radical (unpaired) electrons. The molecule has 4 rings (SSSR count). The maximum atomic E-state index is 13.3. The van der Waals surface area contributed by atoms with Crippen molar-refractivity contribution in [1.82, 2.24) is 4.31 Å². The zero-order chi connectivity index (χ0) is 22.7. The van der Waals surface area contributed by atoms with Crippen molar-refractivity contribution < 1.29 is 18.0 Å². The van der Waals surface area contributed by atoms with Crippen LogP contribution in [0.2, 0.25) is 0 Å². The first-order valence-corrected chi connectivity index (χ1v) is 12.8. The molecule has 1 aromatic heterocycles. The molecule has 0 spiro atoms. The van der Waals surface area contributed by atoms with Crippen LogP contribution >= 0.6 is 11.3 Å². The quantitative estimate of drug-likeness (QED) is 0.541. The summed E-state index contributed by atoms with van der Waals surface area (Å²) < 4.78 is 27.8. The maximum absolute atomic E-state index is 13.3. The molecule has 3 aromatic rings. The number of hydrogen-bond donors (Lipinski definition) is 1. The van der Waals surface area contributed by atoms with Crippen LogP contribution in [-0.2, 0) is 14.8 Å². The Hall–Kier alpha value is -2.81. The lowest BCUT2D eigenvalue weighted by molar-refractivity contribution is -0.120. The Morgan fingerprint density at radius 3 is 2.53 bits per heavy atom. The number of carbonyl (C=O) groups is 2. The van der Waals surface area contributed by atoms with E-state index in [1.807, 2.05) is 19.1 Å². The summed E-state index contributed by atoms with van der Waals surface area (Å²) in [6.45, 7) is 2.17. The van der Waals surface area contributed by atoms with Gasteiger partial charge in [-0.15, -0.1) is 11.3 Å². The zero-order valence-corrected chi connectivity index (χ0v) is 19.3. The summed E-state index contributed by atoms with van der Waals surface area (Å²) in [7, 11) is -3.76. The van der Waals surface area contributed by atoms with Gasteiger partial charge in [0, 0.05) is 17.7 Å². The average Bonchev–Trinajstić information content (AvgIpc) is 3.36. The Balaban J connectivity index is 1.63. The van der Waals surface area contributed by atoms with Gasteiger partial charge < -0.3 is 5.32 Å². The molecule has 1 fully saturated rings. The predicted molar refractivity (Wildman–Crippen MR) is 126 cm³/mol. The molecule has 1 aliphatic heterocycles. The van der Waals surface area contributed by atoms with Crippen LogP contribution in [0.15, 0.2) is 70.3 Å². The van der Waals surface area contributed by atoms with Crippen LogP contribution < -0.4 is 5.32 Å². The van der Waals surface area contributed by atoms with Crippen molar-refractivity contribution >= 4 is 38.7 Å². The van der Waals surface area contributed by atoms with Crippen molar-refractivity contribution in [1.29, 1.82) is 0 Å². The van der Waals surface area contributed by atoms with Gasteiger partial charge in [-0.25, -0.2) is 8.42 Å². The normalized spacial score (nSPS) is 17.1. The fraction of sp³-hybridized carbons (Fsp3) is 0.250. The van der Waals surface area contributed by atoms with Gasteiger partial charge in [0.05, 0.1) is 5.69 Å². The number of sulfonamides is 1. The van der Waals surface area contributed by atoms with E-state index in [-0.39, 0.29) is 9.99 Å². The van der Waals surface area contributed by atoms with Crippen molar-refractivity contribution in [2.75, 3.05) is 11.9 Å². The lowest BCUT2D eigenvalue weighted by Gasteiger charge is -2.33. The van der Waals surface area contributed by atoms with Gasteiger partial charge >= 0.3 is 0 Å². The standard InChI is InChI=1S/C24H24N2O4S2/c1-17-12-13-20(19(16-17)23(27)18-8-3-2-4-9-18)25-24(28)21-10-5-6-14-26(21)32(29,30)22-11-7-15-31-22/h2-4,7-9,11-13,15-16,21H,5-6,10,14H2,1H3,(H,25,28). The number of benzene rings is 2. The number of amides is 1. The summed E-state index contributed by atoms with van der Waals surface area (Å²) in [5.74, 6) is -0.618. The molecule has 1 amide bonds. The van der Waals surface area contributed by atoms with Crippen molar-refractivity contribution in [3.8, 4) is 0 Å². The summed E-state index contributed by atoms with van der Waals surface area (Å²) in [5.41, 5.74) is 2.18. The van der Waals surface area contributed by atoms with Gasteiger partial charge in [0.2, 0.25) is 5.91 Å². The molecule has 1 atom stereocenters. The second-order valence-electron chi connectivity index (χ2n) is 7.79. The molecule has 6 nitrogen and oxygen atoms in total. The van der Waals surface area contributed by atoms with E-state index in [0.29, 0.717) is 36.2 Å². The highest BCUT2D eigenvalue weighted by atomic mass is 32.2. The summed E-state index contributed by atoms with van der Waals surface area (Å²) in [4.78, 5) is 26.4. The number of nitrogens with one attached hydrogen (secondary N) is 1. The maximum Gasteiger partial charge on any atom is 0.253 e. The van der Waals surface area contributed by atoms with Gasteiger partial charge in [0.15, 0.2) is 5.78 Å². The predicted octanol–water partition coefficient (Wildman–Crippen LogP) is 4.47. The van der Waals surface area contributed by atoms with Gasteiger partial charge in [0.1, 0.15) is 10.3 Å². The lowest BCUT2D eigenvalue weighted by Crippen LogP contribution is -2.49. The van der Waals surface area contributed by atoms with Gasteiger partial charge in [-0.2, -0.15) is 4.31 Å². The van der Waals surface area contributed by atoms with Gasteiger partial charge in [-0.3, -0.25) is 9.59 Å². The molecule has 2 aromatic carbocycles. The summed E-state index contributed by atoms with van der Waals surface area (Å²) in [5, 5.41) is 4.55. The van der Waals surface area contributed by atoms with E-state index >= 15 is 0 Å². The molecular weight excluding hydrogens is 444 g/mol. The van der Waals surface area contributed by atoms with E-state index in [1.165, 1.54) is 4.31 Å². The summed E-state index contributed by atoms with van der Waals surface area (Å²) in [6.07, 6.45) is 1.90. The fourth-order valence-corrected chi connectivity index (χ4v) is 6.67. The van der Waals surface area contributed by atoms with Gasteiger partial charge in [0.25, 0.3) is 10.0 Å². The van der Waals surface area contributed by atoms with E-state index in [0.717, 1.165) is 23.3 Å². The molecule has 1 aliphatic rings. The van der Waals surface area contributed by atoms with Gasteiger partial charge in [-0.1, -0.05) is 54.4 Å². The molecule has 0 saturated carbocycles. The second-order valence-corrected chi connectivity index (χ2v) is 10.9. The minimum absolute atomic E-state index is 0.198. The molecule has 0 bridgehead atoms. The molecule has 0 aliphatic carbocycles. The Morgan fingerprint density at radius 2 is 1.81 bits per heavy atom. The molecule has 2 heterocycles. The monoisotopic (exact) mass is 468 g/mol. The van der Waals surface area contributed by atoms with Crippen LogP contribution in [0.4, 0.5) is 5.69 Å². The molecule has 1 unspecified atom stereocenters. The zero-order valence-electron chi connectivity index (χ0n) is 17.7. The van der Waals surface area contributed by atoms with Crippen LogP contribution in [0, 0.1) is 6.92 Å². The van der Waals surface area contributed by atoms with Crippen molar-refractivity contribution in [3.63, 3.8) is 0 Å². The molecule has 1 N–H and O–H groups in total. The van der Waals surface area contributed by atoms with Crippen LogP contribution in [0.3, 0.4) is 0 Å². The topological polar surface area (TPSA) is 83.6 Å². The third kappa shape index (κ3) is 4.53. The van der Waals surface area contributed by atoms with Crippen LogP contribution in [-0.4, -0.2) is 37.0 Å².